The number of carbonyl (C=O) groups is 1. The number of non-ortho nitro benzene ring substituents is 1. The van der Waals surface area contributed by atoms with Crippen LogP contribution < -0.4 is 5.43 Å². The van der Waals surface area contributed by atoms with Crippen molar-refractivity contribution in [1.29, 1.82) is 0 Å². The normalized spacial score (nSPS) is 10.9. The number of para-hydroxylation sites is 1. The second-order valence-corrected chi connectivity index (χ2v) is 8.24. The predicted octanol–water partition coefficient (Wildman–Crippen LogP) is 6.48. The number of benzene rings is 4. The summed E-state index contributed by atoms with van der Waals surface area (Å²) in [5.41, 5.74) is 8.49. The van der Waals surface area contributed by atoms with Gasteiger partial charge in [-0.15, -0.1) is 0 Å². The molecule has 0 saturated carbocycles. The molecule has 0 atom stereocenters. The predicted molar refractivity (Wildman–Crippen MR) is 145 cm³/mol. The van der Waals surface area contributed by atoms with Crippen LogP contribution in [-0.2, 0) is 0 Å². The summed E-state index contributed by atoms with van der Waals surface area (Å²) in [6.45, 7) is 0. The van der Waals surface area contributed by atoms with Gasteiger partial charge in [0.25, 0.3) is 11.6 Å². The molecule has 0 fully saturated rings. The Morgan fingerprint density at radius 2 is 1.35 bits per heavy atom. The van der Waals surface area contributed by atoms with Crippen molar-refractivity contribution in [1.82, 2.24) is 9.99 Å². The first-order valence-electron chi connectivity index (χ1n) is 11.6. The topological polar surface area (TPSA) is 89.5 Å². The molecule has 1 aromatic heterocycles. The average molecular weight is 487 g/mol. The third-order valence-corrected chi connectivity index (χ3v) is 5.87. The number of hydrogen-bond acceptors (Lipinski definition) is 4. The summed E-state index contributed by atoms with van der Waals surface area (Å²) in [5, 5.41) is 15.1. The third-order valence-electron chi connectivity index (χ3n) is 5.87. The largest absolute Gasteiger partial charge is 0.309 e. The molecule has 1 N–H and O–H groups in total. The fourth-order valence-electron chi connectivity index (χ4n) is 4.15. The van der Waals surface area contributed by atoms with E-state index in [-0.39, 0.29) is 11.3 Å². The van der Waals surface area contributed by atoms with Gasteiger partial charge in [0, 0.05) is 28.9 Å². The van der Waals surface area contributed by atoms with Crippen LogP contribution in [0.15, 0.2) is 126 Å². The van der Waals surface area contributed by atoms with Crippen molar-refractivity contribution >= 4 is 17.8 Å². The lowest BCUT2D eigenvalue weighted by molar-refractivity contribution is -0.384. The molecular weight excluding hydrogens is 464 g/mol. The molecule has 5 aromatic rings. The highest BCUT2D eigenvalue weighted by atomic mass is 16.6. The molecule has 1 amide bonds. The van der Waals surface area contributed by atoms with E-state index < -0.39 is 10.8 Å². The van der Waals surface area contributed by atoms with Gasteiger partial charge in [-0.3, -0.25) is 14.9 Å². The lowest BCUT2D eigenvalue weighted by Crippen LogP contribution is -2.17. The maximum Gasteiger partial charge on any atom is 0.271 e. The zero-order valence-corrected chi connectivity index (χ0v) is 19.7. The Morgan fingerprint density at radius 3 is 1.95 bits per heavy atom. The first kappa shape index (κ1) is 23.4. The summed E-state index contributed by atoms with van der Waals surface area (Å²) >= 11 is 0. The summed E-state index contributed by atoms with van der Waals surface area (Å²) < 4.78 is 2.18. The van der Waals surface area contributed by atoms with Crippen molar-refractivity contribution in [3.8, 4) is 28.2 Å². The summed E-state index contributed by atoms with van der Waals surface area (Å²) in [7, 11) is 0. The van der Waals surface area contributed by atoms with Gasteiger partial charge in [0.15, 0.2) is 0 Å². The molecule has 7 nitrogen and oxygen atoms in total. The van der Waals surface area contributed by atoms with Crippen LogP contribution in [0.25, 0.3) is 28.2 Å². The second-order valence-electron chi connectivity index (χ2n) is 8.24. The zero-order valence-electron chi connectivity index (χ0n) is 19.7. The molecule has 0 radical (unpaired) electrons. The number of nitrogens with zero attached hydrogens (tertiary/aromatic N) is 3. The van der Waals surface area contributed by atoms with Crippen LogP contribution in [0.4, 0.5) is 5.69 Å². The van der Waals surface area contributed by atoms with E-state index in [2.05, 4.69) is 39.4 Å². The van der Waals surface area contributed by atoms with Gasteiger partial charge in [-0.2, -0.15) is 5.10 Å². The van der Waals surface area contributed by atoms with Crippen molar-refractivity contribution in [2.45, 2.75) is 0 Å². The Morgan fingerprint density at radius 1 is 0.784 bits per heavy atom. The SMILES string of the molecule is O=C(N/N=C/c1cc(-c2ccccc2)n(-c2ccccc2)c1-c1ccccc1)c1ccc([N+](=O)[O-])cc1. The number of aromatic nitrogens is 1. The van der Waals surface area contributed by atoms with Crippen LogP contribution >= 0.6 is 0 Å². The molecule has 4 aromatic carbocycles. The van der Waals surface area contributed by atoms with Crippen LogP contribution in [0.1, 0.15) is 15.9 Å². The van der Waals surface area contributed by atoms with Crippen LogP contribution in [0, 0.1) is 10.1 Å². The number of nitro benzene ring substituents is 1. The second kappa shape index (κ2) is 10.5. The molecule has 1 heterocycles. The monoisotopic (exact) mass is 486 g/mol. The molecule has 37 heavy (non-hydrogen) atoms. The quantitative estimate of drug-likeness (QED) is 0.162. The maximum atomic E-state index is 12.6. The van der Waals surface area contributed by atoms with E-state index in [4.69, 9.17) is 0 Å². The molecule has 7 heteroatoms. The molecule has 0 aliphatic rings. The highest BCUT2D eigenvalue weighted by molar-refractivity contribution is 5.97. The van der Waals surface area contributed by atoms with E-state index in [9.17, 15) is 14.9 Å². The minimum atomic E-state index is -0.507. The number of rotatable bonds is 7. The van der Waals surface area contributed by atoms with Crippen molar-refractivity contribution in [3.05, 3.63) is 143 Å². The van der Waals surface area contributed by atoms with Crippen LogP contribution in [0.3, 0.4) is 0 Å². The molecule has 0 aliphatic carbocycles. The zero-order chi connectivity index (χ0) is 25.6. The van der Waals surface area contributed by atoms with E-state index in [1.54, 1.807) is 6.21 Å². The third kappa shape index (κ3) is 5.06. The molecule has 5 rings (SSSR count). The van der Waals surface area contributed by atoms with Crippen molar-refractivity contribution < 1.29 is 9.72 Å². The standard InChI is InChI=1S/C30H22N4O3/c35-30(24-16-18-27(19-17-24)34(36)37)32-31-21-25-20-28(22-10-4-1-5-11-22)33(26-14-8-3-9-15-26)29(25)23-12-6-2-7-13-23/h1-21H,(H,32,35)/b31-21+. The fraction of sp³-hybridized carbons (Fsp3) is 0. The molecule has 180 valence electrons. The Kier molecular flexibility index (Phi) is 6.67. The van der Waals surface area contributed by atoms with Gasteiger partial charge in [-0.05, 0) is 41.5 Å². The smallest absolute Gasteiger partial charge is 0.271 e. The van der Waals surface area contributed by atoms with Gasteiger partial charge in [0.2, 0.25) is 0 Å². The van der Waals surface area contributed by atoms with Crippen LogP contribution in [0.5, 0.6) is 0 Å². The van der Waals surface area contributed by atoms with E-state index in [0.717, 1.165) is 33.8 Å². The molecule has 0 saturated heterocycles. The van der Waals surface area contributed by atoms with Gasteiger partial charge < -0.3 is 4.57 Å². The van der Waals surface area contributed by atoms with Gasteiger partial charge >= 0.3 is 0 Å². The van der Waals surface area contributed by atoms with Gasteiger partial charge in [0.1, 0.15) is 0 Å². The first-order chi connectivity index (χ1) is 18.1. The summed E-state index contributed by atoms with van der Waals surface area (Å²) in [4.78, 5) is 23.0. The van der Waals surface area contributed by atoms with Gasteiger partial charge in [-0.25, -0.2) is 5.43 Å². The number of hydrogen-bond donors (Lipinski definition) is 1. The molecular formula is C30H22N4O3. The average Bonchev–Trinajstić information content (AvgIpc) is 3.34. The van der Waals surface area contributed by atoms with Crippen molar-refractivity contribution in [2.75, 3.05) is 0 Å². The molecule has 0 bridgehead atoms. The first-order valence-corrected chi connectivity index (χ1v) is 11.6. The fourth-order valence-corrected chi connectivity index (χ4v) is 4.15. The highest BCUT2D eigenvalue weighted by Crippen LogP contribution is 2.35. The number of nitrogens with one attached hydrogen (secondary N) is 1. The number of amides is 1. The number of nitro groups is 1. The molecule has 0 unspecified atom stereocenters. The summed E-state index contributed by atoms with van der Waals surface area (Å²) in [6.07, 6.45) is 1.62. The van der Waals surface area contributed by atoms with Crippen LogP contribution in [0.2, 0.25) is 0 Å². The van der Waals surface area contributed by atoms with Crippen molar-refractivity contribution in [2.24, 2.45) is 5.10 Å². The highest BCUT2D eigenvalue weighted by Gasteiger charge is 2.18. The Labute approximate surface area is 213 Å². The Balaban J connectivity index is 1.57. The number of hydrazone groups is 1. The van der Waals surface area contributed by atoms with Crippen molar-refractivity contribution in [3.63, 3.8) is 0 Å². The minimum Gasteiger partial charge on any atom is -0.309 e. The summed E-state index contributed by atoms with van der Waals surface area (Å²) in [6, 6.07) is 37.6. The Bertz CT molecular complexity index is 1560. The van der Waals surface area contributed by atoms with E-state index in [1.807, 2.05) is 72.8 Å². The maximum absolute atomic E-state index is 12.6. The lowest BCUT2D eigenvalue weighted by Gasteiger charge is -2.15. The molecule has 0 spiro atoms. The van der Waals surface area contributed by atoms with Gasteiger partial charge in [-0.1, -0.05) is 78.9 Å². The minimum absolute atomic E-state index is 0.0803. The van der Waals surface area contributed by atoms with E-state index >= 15 is 0 Å². The van der Waals surface area contributed by atoms with Crippen LogP contribution in [-0.4, -0.2) is 21.6 Å². The van der Waals surface area contributed by atoms with Gasteiger partial charge in [0.05, 0.1) is 22.5 Å². The lowest BCUT2D eigenvalue weighted by atomic mass is 10.1. The Hall–Kier alpha value is -5.30. The summed E-state index contributed by atoms with van der Waals surface area (Å²) in [5.74, 6) is -0.460. The molecule has 0 aliphatic heterocycles. The van der Waals surface area contributed by atoms with E-state index in [1.165, 1.54) is 24.3 Å². The number of carbonyl (C=O) groups excluding carboxylic acids is 1. The van der Waals surface area contributed by atoms with E-state index in [0.29, 0.717) is 0 Å².